The number of amides is 1. The minimum absolute atomic E-state index is 0.0429. The Morgan fingerprint density at radius 3 is 2.78 bits per heavy atom. The summed E-state index contributed by atoms with van der Waals surface area (Å²) < 4.78 is 8.50. The van der Waals surface area contributed by atoms with Crippen LogP contribution in [0.1, 0.15) is 54.0 Å². The fraction of sp³-hybridized carbons (Fsp3) is 0.478. The van der Waals surface area contributed by atoms with E-state index in [1.165, 1.54) is 4.68 Å². The molecule has 2 fully saturated rings. The van der Waals surface area contributed by atoms with Crippen LogP contribution in [-0.2, 0) is 11.3 Å². The van der Waals surface area contributed by atoms with Gasteiger partial charge in [-0.25, -0.2) is 9.48 Å². The Labute approximate surface area is 186 Å². The lowest BCUT2D eigenvalue weighted by Gasteiger charge is -2.32. The van der Waals surface area contributed by atoms with E-state index in [4.69, 9.17) is 4.74 Å². The zero-order chi connectivity index (χ0) is 22.1. The summed E-state index contributed by atoms with van der Waals surface area (Å²) in [6, 6.07) is 11.8. The van der Waals surface area contributed by atoms with E-state index >= 15 is 0 Å². The second-order valence-electron chi connectivity index (χ2n) is 8.58. The van der Waals surface area contributed by atoms with Gasteiger partial charge < -0.3 is 9.64 Å². The molecule has 1 unspecified atom stereocenters. The third-order valence-corrected chi connectivity index (χ3v) is 6.27. The number of likely N-dealkylation sites (tertiary alicyclic amines) is 1. The molecule has 0 bridgehead atoms. The smallest absolute Gasteiger partial charge is 0.346 e. The SMILES string of the molecule is COCCn1nc(C2CCCN(C(=O)c3cc(-c4ccccc4)n[nH]3)C2)n(C2CC2)c1=O. The Kier molecular flexibility index (Phi) is 5.65. The molecule has 1 saturated carbocycles. The van der Waals surface area contributed by atoms with E-state index in [2.05, 4.69) is 15.3 Å². The quantitative estimate of drug-likeness (QED) is 0.613. The fourth-order valence-electron chi connectivity index (χ4n) is 4.45. The van der Waals surface area contributed by atoms with Crippen molar-refractivity contribution in [3.8, 4) is 11.3 Å². The fourth-order valence-corrected chi connectivity index (χ4v) is 4.45. The van der Waals surface area contributed by atoms with Crippen LogP contribution in [0.3, 0.4) is 0 Å². The van der Waals surface area contributed by atoms with Crippen LogP contribution in [-0.4, -0.2) is 62.2 Å². The molecule has 1 aliphatic heterocycles. The van der Waals surface area contributed by atoms with E-state index in [1.807, 2.05) is 39.8 Å². The van der Waals surface area contributed by atoms with Gasteiger partial charge in [0.1, 0.15) is 11.5 Å². The largest absolute Gasteiger partial charge is 0.383 e. The summed E-state index contributed by atoms with van der Waals surface area (Å²) in [6.45, 7) is 2.12. The summed E-state index contributed by atoms with van der Waals surface area (Å²) in [5.41, 5.74) is 2.13. The van der Waals surface area contributed by atoms with Crippen molar-refractivity contribution in [2.75, 3.05) is 26.8 Å². The van der Waals surface area contributed by atoms with Crippen molar-refractivity contribution in [1.29, 1.82) is 0 Å². The second kappa shape index (κ2) is 8.74. The average molecular weight is 437 g/mol. The number of hydrogen-bond donors (Lipinski definition) is 1. The molecule has 5 rings (SSSR count). The highest BCUT2D eigenvalue weighted by Crippen LogP contribution is 2.37. The molecule has 168 valence electrons. The highest BCUT2D eigenvalue weighted by Gasteiger charge is 2.35. The molecule has 3 aromatic rings. The number of carbonyl (C=O) groups is 1. The van der Waals surface area contributed by atoms with Crippen molar-refractivity contribution >= 4 is 5.91 Å². The summed E-state index contributed by atoms with van der Waals surface area (Å²) >= 11 is 0. The van der Waals surface area contributed by atoms with Crippen LogP contribution in [0.5, 0.6) is 0 Å². The van der Waals surface area contributed by atoms with Crippen molar-refractivity contribution in [1.82, 2.24) is 29.4 Å². The Morgan fingerprint density at radius 2 is 2.03 bits per heavy atom. The highest BCUT2D eigenvalue weighted by molar-refractivity contribution is 5.93. The van der Waals surface area contributed by atoms with E-state index in [1.54, 1.807) is 13.2 Å². The van der Waals surface area contributed by atoms with E-state index < -0.39 is 0 Å². The summed E-state index contributed by atoms with van der Waals surface area (Å²) in [5.74, 6) is 0.783. The van der Waals surface area contributed by atoms with Crippen molar-refractivity contribution in [2.45, 2.75) is 44.2 Å². The van der Waals surface area contributed by atoms with Crippen molar-refractivity contribution in [2.24, 2.45) is 0 Å². The number of hydrogen-bond acceptors (Lipinski definition) is 5. The van der Waals surface area contributed by atoms with E-state index in [-0.39, 0.29) is 23.6 Å². The first-order chi connectivity index (χ1) is 15.7. The first-order valence-electron chi connectivity index (χ1n) is 11.2. The predicted molar refractivity (Wildman–Crippen MR) is 119 cm³/mol. The van der Waals surface area contributed by atoms with Gasteiger partial charge in [-0.05, 0) is 31.7 Å². The van der Waals surface area contributed by atoms with Gasteiger partial charge in [0, 0.05) is 37.7 Å². The zero-order valence-corrected chi connectivity index (χ0v) is 18.2. The van der Waals surface area contributed by atoms with Crippen molar-refractivity contribution < 1.29 is 9.53 Å². The molecule has 9 heteroatoms. The minimum atomic E-state index is -0.0662. The lowest BCUT2D eigenvalue weighted by molar-refractivity contribution is 0.0697. The highest BCUT2D eigenvalue weighted by atomic mass is 16.5. The summed E-state index contributed by atoms with van der Waals surface area (Å²) in [4.78, 5) is 28.0. The van der Waals surface area contributed by atoms with Gasteiger partial charge in [-0.1, -0.05) is 30.3 Å². The molecular weight excluding hydrogens is 408 g/mol. The molecular formula is C23H28N6O3. The molecule has 2 aliphatic rings. The number of nitrogens with one attached hydrogen (secondary N) is 1. The molecule has 0 spiro atoms. The molecule has 1 saturated heterocycles. The topological polar surface area (TPSA) is 98.0 Å². The maximum absolute atomic E-state index is 13.2. The maximum Gasteiger partial charge on any atom is 0.346 e. The third kappa shape index (κ3) is 4.00. The Hall–Kier alpha value is -3.20. The number of rotatable bonds is 7. The van der Waals surface area contributed by atoms with Gasteiger partial charge in [0.2, 0.25) is 0 Å². The third-order valence-electron chi connectivity index (χ3n) is 6.27. The van der Waals surface area contributed by atoms with Gasteiger partial charge in [0.25, 0.3) is 5.91 Å². The number of benzene rings is 1. The number of methoxy groups -OCH3 is 1. The number of nitrogens with zero attached hydrogens (tertiary/aromatic N) is 5. The van der Waals surface area contributed by atoms with Crippen LogP contribution in [0.15, 0.2) is 41.2 Å². The van der Waals surface area contributed by atoms with Gasteiger partial charge in [0.15, 0.2) is 0 Å². The Bertz CT molecular complexity index is 1140. The molecule has 1 aromatic carbocycles. The standard InChI is InChI=1S/C23H28N6O3/c1-32-13-12-28-23(31)29(18-9-10-18)21(26-28)17-8-5-11-27(15-17)22(30)20-14-19(24-25-20)16-6-3-2-4-7-16/h2-4,6-7,14,17-18H,5,8-13,15H2,1H3,(H,24,25). The molecule has 0 radical (unpaired) electrons. The van der Waals surface area contributed by atoms with E-state index in [9.17, 15) is 9.59 Å². The van der Waals surface area contributed by atoms with Gasteiger partial charge in [-0.2, -0.15) is 10.2 Å². The predicted octanol–water partition coefficient (Wildman–Crippen LogP) is 2.44. The molecule has 1 aliphatic carbocycles. The van der Waals surface area contributed by atoms with Gasteiger partial charge >= 0.3 is 5.69 Å². The molecule has 2 aromatic heterocycles. The monoisotopic (exact) mass is 436 g/mol. The van der Waals surface area contributed by atoms with E-state index in [0.29, 0.717) is 31.9 Å². The van der Waals surface area contributed by atoms with Crippen LogP contribution in [0.2, 0.25) is 0 Å². The summed E-state index contributed by atoms with van der Waals surface area (Å²) in [5, 5.41) is 11.9. The average Bonchev–Trinajstić information content (AvgIpc) is 3.44. The zero-order valence-electron chi connectivity index (χ0n) is 18.2. The van der Waals surface area contributed by atoms with Crippen molar-refractivity contribution in [3.63, 3.8) is 0 Å². The molecule has 3 heterocycles. The van der Waals surface area contributed by atoms with Crippen LogP contribution < -0.4 is 5.69 Å². The van der Waals surface area contributed by atoms with Gasteiger partial charge in [-0.3, -0.25) is 14.5 Å². The molecule has 32 heavy (non-hydrogen) atoms. The number of aromatic nitrogens is 5. The number of piperidine rings is 1. The number of aromatic amines is 1. The minimum Gasteiger partial charge on any atom is -0.383 e. The number of H-pyrrole nitrogens is 1. The van der Waals surface area contributed by atoms with Gasteiger partial charge in [-0.15, -0.1) is 0 Å². The first-order valence-corrected chi connectivity index (χ1v) is 11.2. The maximum atomic E-state index is 13.2. The Balaban J connectivity index is 1.35. The van der Waals surface area contributed by atoms with Crippen molar-refractivity contribution in [3.05, 3.63) is 58.4 Å². The molecule has 1 atom stereocenters. The van der Waals surface area contributed by atoms with Crippen LogP contribution in [0.25, 0.3) is 11.3 Å². The number of ether oxygens (including phenoxy) is 1. The summed E-state index contributed by atoms with van der Waals surface area (Å²) in [6.07, 6.45) is 3.80. The lowest BCUT2D eigenvalue weighted by atomic mass is 9.96. The number of carbonyl (C=O) groups excluding carboxylic acids is 1. The lowest BCUT2D eigenvalue weighted by Crippen LogP contribution is -2.40. The normalized spacial score (nSPS) is 18.8. The van der Waals surface area contributed by atoms with Gasteiger partial charge in [0.05, 0.1) is 18.8 Å². The van der Waals surface area contributed by atoms with E-state index in [0.717, 1.165) is 42.8 Å². The molecule has 1 N–H and O–H groups in total. The molecule has 9 nitrogen and oxygen atoms in total. The Morgan fingerprint density at radius 1 is 1.22 bits per heavy atom. The first kappa shape index (κ1) is 20.7. The van der Waals surface area contributed by atoms with Crippen LogP contribution in [0, 0.1) is 0 Å². The van der Waals surface area contributed by atoms with Crippen LogP contribution >= 0.6 is 0 Å². The molecule has 1 amide bonds. The van der Waals surface area contributed by atoms with Crippen LogP contribution in [0.4, 0.5) is 0 Å². The second-order valence-corrected chi connectivity index (χ2v) is 8.58. The summed E-state index contributed by atoms with van der Waals surface area (Å²) in [7, 11) is 1.62.